The van der Waals surface area contributed by atoms with Crippen molar-refractivity contribution in [3.05, 3.63) is 77.9 Å². The van der Waals surface area contributed by atoms with Crippen molar-refractivity contribution in [1.82, 2.24) is 24.5 Å². The Balaban J connectivity index is 1.47. The molecular weight excluding hydrogens is 354 g/mol. The van der Waals surface area contributed by atoms with E-state index in [2.05, 4.69) is 32.7 Å². The van der Waals surface area contributed by atoms with Crippen LogP contribution in [-0.4, -0.2) is 24.5 Å². The van der Waals surface area contributed by atoms with Gasteiger partial charge in [0.15, 0.2) is 5.82 Å². The Bertz CT molecular complexity index is 1070. The number of anilines is 3. The third kappa shape index (κ3) is 3.64. The Morgan fingerprint density at radius 2 is 1.86 bits per heavy atom. The Morgan fingerprint density at radius 1 is 1.04 bits per heavy atom. The quantitative estimate of drug-likeness (QED) is 0.296. The van der Waals surface area contributed by atoms with Crippen molar-refractivity contribution in [2.24, 2.45) is 5.84 Å². The monoisotopic (exact) mass is 375 g/mol. The zero-order valence-corrected chi connectivity index (χ0v) is 15.2. The molecule has 9 nitrogen and oxygen atoms in total. The van der Waals surface area contributed by atoms with Crippen LogP contribution in [-0.2, 0) is 13.0 Å². The molecule has 7 N–H and O–H groups in total. The topological polar surface area (TPSA) is 139 Å². The molecule has 0 aliphatic heterocycles. The van der Waals surface area contributed by atoms with Crippen molar-refractivity contribution in [3.8, 4) is 5.69 Å². The highest BCUT2D eigenvalue weighted by molar-refractivity contribution is 5.68. The fraction of sp³-hybridized carbons (Fsp3) is 0.105. The average molecular weight is 375 g/mol. The summed E-state index contributed by atoms with van der Waals surface area (Å²) in [5.74, 6) is 6.18. The van der Waals surface area contributed by atoms with Crippen LogP contribution in [0, 0.1) is 0 Å². The van der Waals surface area contributed by atoms with Gasteiger partial charge in [-0.2, -0.15) is 10.2 Å². The van der Waals surface area contributed by atoms with E-state index in [-0.39, 0.29) is 0 Å². The second kappa shape index (κ2) is 7.41. The predicted octanol–water partition coefficient (Wildman–Crippen LogP) is 1.55. The van der Waals surface area contributed by atoms with E-state index in [1.807, 2.05) is 46.2 Å². The largest absolute Gasteiger partial charge is 0.395 e. The van der Waals surface area contributed by atoms with Crippen LogP contribution in [0.4, 0.5) is 17.3 Å². The maximum atomic E-state index is 6.10. The smallest absolute Gasteiger partial charge is 0.165 e. The van der Waals surface area contributed by atoms with Crippen LogP contribution in [0.3, 0.4) is 0 Å². The zero-order chi connectivity index (χ0) is 19.5. The van der Waals surface area contributed by atoms with E-state index < -0.39 is 0 Å². The van der Waals surface area contributed by atoms with Crippen LogP contribution in [0.2, 0.25) is 0 Å². The molecule has 3 heterocycles. The van der Waals surface area contributed by atoms with Gasteiger partial charge in [-0.1, -0.05) is 12.1 Å². The highest BCUT2D eigenvalue weighted by Crippen LogP contribution is 2.24. The molecule has 4 rings (SSSR count). The van der Waals surface area contributed by atoms with Gasteiger partial charge in [-0.05, 0) is 41.0 Å². The third-order valence-electron chi connectivity index (χ3n) is 4.43. The molecule has 0 amide bonds. The molecule has 0 fully saturated rings. The summed E-state index contributed by atoms with van der Waals surface area (Å²) in [5, 5.41) is 8.68. The van der Waals surface area contributed by atoms with E-state index in [1.54, 1.807) is 12.3 Å². The van der Waals surface area contributed by atoms with E-state index in [1.165, 1.54) is 0 Å². The number of nitrogen functional groups attached to an aromatic ring is 3. The molecule has 0 spiro atoms. The van der Waals surface area contributed by atoms with Crippen molar-refractivity contribution in [2.75, 3.05) is 16.9 Å². The summed E-state index contributed by atoms with van der Waals surface area (Å²) in [6.07, 6.45) is 8.08. The molecule has 0 radical (unpaired) electrons. The zero-order valence-electron chi connectivity index (χ0n) is 15.2. The van der Waals surface area contributed by atoms with Gasteiger partial charge in [0.1, 0.15) is 5.82 Å². The van der Waals surface area contributed by atoms with Gasteiger partial charge < -0.3 is 16.9 Å². The maximum absolute atomic E-state index is 6.10. The van der Waals surface area contributed by atoms with Crippen LogP contribution >= 0.6 is 0 Å². The minimum absolute atomic E-state index is 0.363. The van der Waals surface area contributed by atoms with Crippen LogP contribution in [0.1, 0.15) is 16.7 Å². The minimum Gasteiger partial charge on any atom is -0.395 e. The Morgan fingerprint density at radius 3 is 2.57 bits per heavy atom. The van der Waals surface area contributed by atoms with E-state index >= 15 is 0 Å². The van der Waals surface area contributed by atoms with Crippen molar-refractivity contribution >= 4 is 17.3 Å². The van der Waals surface area contributed by atoms with Gasteiger partial charge in [-0.25, -0.2) is 15.5 Å². The summed E-state index contributed by atoms with van der Waals surface area (Å²) in [6, 6.07) is 11.9. The Hall–Kier alpha value is -3.85. The maximum Gasteiger partial charge on any atom is 0.165 e. The lowest BCUT2D eigenvalue weighted by molar-refractivity contribution is 0.686. The van der Waals surface area contributed by atoms with Crippen molar-refractivity contribution < 1.29 is 0 Å². The number of hydrazine groups is 1. The fourth-order valence-electron chi connectivity index (χ4n) is 3.05. The average Bonchev–Trinajstić information content (AvgIpc) is 3.37. The number of nitrogens with zero attached hydrogens (tertiary/aromatic N) is 5. The highest BCUT2D eigenvalue weighted by Gasteiger charge is 2.10. The SMILES string of the molecule is NNc1nc(N)cc(Cc2cnn(Cc3ccc(-n4cccn4)cc3)c2)c1N. The van der Waals surface area contributed by atoms with Crippen LogP contribution < -0.4 is 22.7 Å². The lowest BCUT2D eigenvalue weighted by Gasteiger charge is -2.10. The number of rotatable bonds is 6. The second-order valence-electron chi connectivity index (χ2n) is 6.45. The van der Waals surface area contributed by atoms with Gasteiger partial charge >= 0.3 is 0 Å². The molecule has 9 heteroatoms. The summed E-state index contributed by atoms with van der Waals surface area (Å²) in [6.45, 7) is 0.670. The molecule has 4 aromatic rings. The normalized spacial score (nSPS) is 10.9. The Labute approximate surface area is 161 Å². The first kappa shape index (κ1) is 17.6. The lowest BCUT2D eigenvalue weighted by atomic mass is 10.1. The molecular formula is C19H21N9. The van der Waals surface area contributed by atoms with Crippen LogP contribution in [0.25, 0.3) is 5.69 Å². The molecule has 1 aromatic carbocycles. The third-order valence-corrected chi connectivity index (χ3v) is 4.43. The van der Waals surface area contributed by atoms with Gasteiger partial charge in [0, 0.05) is 25.0 Å². The fourth-order valence-corrected chi connectivity index (χ4v) is 3.05. The number of pyridine rings is 1. The van der Waals surface area contributed by atoms with E-state index in [0.29, 0.717) is 30.3 Å². The number of nitrogens with one attached hydrogen (secondary N) is 1. The summed E-state index contributed by atoms with van der Waals surface area (Å²) in [5.41, 5.74) is 18.9. The molecule has 0 saturated heterocycles. The van der Waals surface area contributed by atoms with Gasteiger partial charge in [0.05, 0.1) is 24.1 Å². The number of hydrogen-bond donors (Lipinski definition) is 4. The second-order valence-corrected chi connectivity index (χ2v) is 6.45. The first-order valence-electron chi connectivity index (χ1n) is 8.74. The van der Waals surface area contributed by atoms with Gasteiger partial charge in [-0.15, -0.1) is 0 Å². The molecule has 3 aromatic heterocycles. The number of hydrogen-bond acceptors (Lipinski definition) is 7. The number of aromatic nitrogens is 5. The molecule has 0 aliphatic carbocycles. The molecule has 0 atom stereocenters. The highest BCUT2D eigenvalue weighted by atomic mass is 15.3. The molecule has 0 aliphatic rings. The van der Waals surface area contributed by atoms with Crippen molar-refractivity contribution in [1.29, 1.82) is 0 Å². The molecule has 0 saturated carbocycles. The minimum atomic E-state index is 0.363. The summed E-state index contributed by atoms with van der Waals surface area (Å²) in [7, 11) is 0. The van der Waals surface area contributed by atoms with E-state index in [4.69, 9.17) is 17.3 Å². The van der Waals surface area contributed by atoms with Gasteiger partial charge in [0.2, 0.25) is 0 Å². The standard InChI is InChI=1S/C19H21N9/c20-17-9-15(18(21)19(25-17)26-22)8-14-10-24-27(12-14)11-13-2-4-16(5-3-13)28-7-1-6-23-28/h1-7,9-10,12H,8,11,21-22H2,(H3,20,25,26). The lowest BCUT2D eigenvalue weighted by Crippen LogP contribution is -2.13. The van der Waals surface area contributed by atoms with E-state index in [9.17, 15) is 0 Å². The van der Waals surface area contributed by atoms with Crippen LogP contribution in [0.15, 0.2) is 61.2 Å². The van der Waals surface area contributed by atoms with E-state index in [0.717, 1.165) is 22.4 Å². The first-order chi connectivity index (χ1) is 13.6. The predicted molar refractivity (Wildman–Crippen MR) is 109 cm³/mol. The van der Waals surface area contributed by atoms with Crippen molar-refractivity contribution in [3.63, 3.8) is 0 Å². The number of nitrogens with two attached hydrogens (primary N) is 3. The molecule has 0 unspecified atom stereocenters. The molecule has 0 bridgehead atoms. The summed E-state index contributed by atoms with van der Waals surface area (Å²) < 4.78 is 3.71. The number of benzene rings is 1. The molecule has 142 valence electrons. The summed E-state index contributed by atoms with van der Waals surface area (Å²) >= 11 is 0. The van der Waals surface area contributed by atoms with Gasteiger partial charge in [-0.3, -0.25) is 4.68 Å². The first-order valence-corrected chi connectivity index (χ1v) is 8.74. The van der Waals surface area contributed by atoms with Gasteiger partial charge in [0.25, 0.3) is 0 Å². The summed E-state index contributed by atoms with van der Waals surface area (Å²) in [4.78, 5) is 4.07. The Kier molecular flexibility index (Phi) is 4.65. The molecule has 28 heavy (non-hydrogen) atoms. The van der Waals surface area contributed by atoms with Crippen molar-refractivity contribution in [2.45, 2.75) is 13.0 Å². The van der Waals surface area contributed by atoms with Crippen LogP contribution in [0.5, 0.6) is 0 Å².